The number of hydrogen-bond acceptors (Lipinski definition) is 31. The molecule has 0 unspecified atom stereocenters. The smallest absolute Gasteiger partial charge is 0.304 e. The van der Waals surface area contributed by atoms with Crippen LogP contribution in [0.3, 0.4) is 0 Å². The molecule has 0 spiro atoms. The zero-order valence-electron chi connectivity index (χ0n) is 72.9. The van der Waals surface area contributed by atoms with Gasteiger partial charge in [-0.05, 0) is 88.2 Å². The third-order valence-electron chi connectivity index (χ3n) is 21.2. The number of guanidine groups is 1. The van der Waals surface area contributed by atoms with Gasteiger partial charge >= 0.3 is 17.9 Å². The minimum absolute atomic E-state index is 0.0302. The van der Waals surface area contributed by atoms with Crippen molar-refractivity contribution in [2.24, 2.45) is 81.1 Å². The Labute approximate surface area is 750 Å². The van der Waals surface area contributed by atoms with Crippen LogP contribution in [0.2, 0.25) is 0 Å². The number of aliphatic hydroxyl groups is 5. The van der Waals surface area contributed by atoms with Gasteiger partial charge in [0, 0.05) is 101 Å². The van der Waals surface area contributed by atoms with E-state index < -0.39 is 349 Å². The maximum absolute atomic E-state index is 14.4. The molecule has 1 aliphatic rings. The molecular formula is C82H129N17O29S. The molecule has 1 aliphatic heterocycles. The van der Waals surface area contributed by atoms with Crippen LogP contribution in [0.4, 0.5) is 0 Å². The molecule has 0 radical (unpaired) electrons. The van der Waals surface area contributed by atoms with Crippen molar-refractivity contribution in [3.05, 3.63) is 35.9 Å². The number of carbonyl (C=O) groups excluding carboxylic acids is 18. The van der Waals surface area contributed by atoms with Gasteiger partial charge in [-0.25, -0.2) is 5.84 Å². The van der Waals surface area contributed by atoms with Gasteiger partial charge in [-0.3, -0.25) is 111 Å². The van der Waals surface area contributed by atoms with Crippen molar-refractivity contribution in [1.82, 2.24) is 58.2 Å². The molecule has 1 fully saturated rings. The van der Waals surface area contributed by atoms with Gasteiger partial charge < -0.3 is 117 Å². The fraction of sp³-hybridized carbons (Fsp3) is 0.659. The molecule has 0 bridgehead atoms. The number of unbranched alkanes of at least 4 members (excludes halogenated alkanes) is 1. The van der Waals surface area contributed by atoms with Crippen LogP contribution in [0.15, 0.2) is 35.3 Å². The molecule has 1 saturated heterocycles. The topological polar surface area (TPSA) is 786 Å². The van der Waals surface area contributed by atoms with Crippen molar-refractivity contribution in [2.75, 3.05) is 71.5 Å². The number of hydrogen-bond donors (Lipinski definition) is 24. The molecule has 28 N–H and O–H groups in total. The molecule has 722 valence electrons. The van der Waals surface area contributed by atoms with E-state index in [1.165, 1.54) is 0 Å². The molecule has 1 heterocycles. The summed E-state index contributed by atoms with van der Waals surface area (Å²) in [5.41, 5.74) is 24.7. The molecule has 15 atom stereocenters. The lowest BCUT2D eigenvalue weighted by Gasteiger charge is -2.29. The largest absolute Gasteiger partial charge is 0.481 e. The predicted molar refractivity (Wildman–Crippen MR) is 460 cm³/mol. The Balaban J connectivity index is 2.26. The van der Waals surface area contributed by atoms with Crippen LogP contribution >= 0.6 is 12.6 Å². The summed E-state index contributed by atoms with van der Waals surface area (Å²) in [7, 11) is 0. The zero-order chi connectivity index (χ0) is 97.3. The fourth-order valence-corrected chi connectivity index (χ4v) is 14.0. The lowest BCUT2D eigenvalue weighted by atomic mass is 9.90. The summed E-state index contributed by atoms with van der Waals surface area (Å²) >= 11 is 3.92. The van der Waals surface area contributed by atoms with Crippen LogP contribution in [0.5, 0.6) is 0 Å². The lowest BCUT2D eigenvalue weighted by Crippen LogP contribution is -2.55. The number of ketones is 7. The van der Waals surface area contributed by atoms with Crippen LogP contribution in [0.25, 0.3) is 0 Å². The van der Waals surface area contributed by atoms with Gasteiger partial charge in [0.25, 0.3) is 5.91 Å². The van der Waals surface area contributed by atoms with E-state index in [9.17, 15) is 142 Å². The zero-order valence-corrected chi connectivity index (χ0v) is 73.8. The molecule has 2 rings (SSSR count). The van der Waals surface area contributed by atoms with Crippen LogP contribution in [0.1, 0.15) is 168 Å². The van der Waals surface area contributed by atoms with Gasteiger partial charge in [0.15, 0.2) is 46.4 Å². The number of carbonyl (C=O) groups is 21. The first kappa shape index (κ1) is 114. The predicted octanol–water partition coefficient (Wildman–Crippen LogP) is -7.05. The Kier molecular flexibility index (Phi) is 53.5. The second-order valence-corrected chi connectivity index (χ2v) is 32.7. The van der Waals surface area contributed by atoms with Crippen molar-refractivity contribution in [3.63, 3.8) is 0 Å². The second-order valence-electron chi connectivity index (χ2n) is 32.3. The number of nitrogens with zero attached hydrogens (tertiary/aromatic N) is 2. The summed E-state index contributed by atoms with van der Waals surface area (Å²) in [6.45, 7) is 0.0423. The fourth-order valence-electron chi connectivity index (χ4n) is 13.8. The van der Waals surface area contributed by atoms with Crippen molar-refractivity contribution >= 4 is 142 Å². The van der Waals surface area contributed by atoms with E-state index in [-0.39, 0.29) is 82.2 Å². The van der Waals surface area contributed by atoms with Gasteiger partial charge in [0.1, 0.15) is 36.3 Å². The average Bonchev–Trinajstić information content (AvgIpc) is 1.70. The number of aliphatic hydroxyl groups excluding tert-OH is 5. The maximum atomic E-state index is 14.4. The minimum atomic E-state index is -1.86. The van der Waals surface area contributed by atoms with Crippen molar-refractivity contribution < 1.29 is 142 Å². The molecule has 46 nitrogen and oxygen atoms in total. The molecule has 47 heteroatoms. The van der Waals surface area contributed by atoms with Crippen LogP contribution in [-0.2, 0) is 107 Å². The number of thiol groups is 1. The summed E-state index contributed by atoms with van der Waals surface area (Å²) in [6.07, 6.45) is -8.68. The molecule has 129 heavy (non-hydrogen) atoms. The Hall–Kier alpha value is -11.2. The number of benzene rings is 1. The van der Waals surface area contributed by atoms with Gasteiger partial charge in [0.05, 0.1) is 88.4 Å². The molecule has 1 aromatic carbocycles. The quantitative estimate of drug-likeness (QED) is 0.00548. The number of aliphatic imine (C=N–C) groups is 1. The number of aliphatic carboxylic acids is 3. The third kappa shape index (κ3) is 42.7. The second kappa shape index (κ2) is 60.6. The highest BCUT2D eigenvalue weighted by Gasteiger charge is 2.42. The monoisotopic (exact) mass is 1850 g/mol. The Morgan fingerprint density at radius 3 is 1.44 bits per heavy atom. The van der Waals surface area contributed by atoms with Gasteiger partial charge in [-0.1, -0.05) is 64.4 Å². The summed E-state index contributed by atoms with van der Waals surface area (Å²) in [5.74, 6) is -25.9. The number of likely N-dealkylation sites (tertiary alicyclic amines) is 1. The van der Waals surface area contributed by atoms with Crippen LogP contribution < -0.4 is 82.1 Å². The average molecular weight is 1850 g/mol. The van der Waals surface area contributed by atoms with E-state index in [1.54, 1.807) is 58.0 Å². The number of nitrogens with two attached hydrogens (primary N) is 5. The number of amides is 11. The number of rotatable bonds is 68. The van der Waals surface area contributed by atoms with E-state index >= 15 is 0 Å². The van der Waals surface area contributed by atoms with Crippen molar-refractivity contribution in [2.45, 2.75) is 223 Å². The summed E-state index contributed by atoms with van der Waals surface area (Å²) in [6, 6.07) is -5.37. The summed E-state index contributed by atoms with van der Waals surface area (Å²) < 4.78 is 0. The van der Waals surface area contributed by atoms with Crippen LogP contribution in [0, 0.1) is 47.3 Å². The van der Waals surface area contributed by atoms with E-state index in [0.29, 0.717) is 18.4 Å². The van der Waals surface area contributed by atoms with E-state index in [1.807, 2.05) is 5.43 Å². The number of hydrazine groups is 1. The minimum Gasteiger partial charge on any atom is -0.481 e. The number of carboxylic acids is 3. The van der Waals surface area contributed by atoms with Gasteiger partial charge in [0.2, 0.25) is 59.1 Å². The van der Waals surface area contributed by atoms with Crippen LogP contribution in [-0.4, -0.2) is 301 Å². The Morgan fingerprint density at radius 1 is 0.473 bits per heavy atom. The highest BCUT2D eigenvalue weighted by Crippen LogP contribution is 2.25. The van der Waals surface area contributed by atoms with E-state index in [4.69, 9.17) is 28.8 Å². The molecule has 0 aliphatic carbocycles. The molecule has 11 amide bonds. The third-order valence-corrected chi connectivity index (χ3v) is 21.6. The number of Topliss-reactive ketones (excluding diaryl/α,β-unsaturated/α-hetero) is 7. The normalized spacial score (nSPS) is 15.7. The number of nitrogens with one attached hydrogen (secondary N) is 10. The highest BCUT2D eigenvalue weighted by atomic mass is 32.1. The molecule has 0 saturated carbocycles. The summed E-state index contributed by atoms with van der Waals surface area (Å²) in [5, 5.41) is 102. The van der Waals surface area contributed by atoms with Gasteiger partial charge in [-0.2, -0.15) is 12.6 Å². The van der Waals surface area contributed by atoms with E-state index in [0.717, 1.165) is 4.90 Å². The lowest BCUT2D eigenvalue weighted by molar-refractivity contribution is -0.145. The molecule has 0 aromatic heterocycles. The SMILES string of the molecule is CC(C)C[C@H](NC(=O)[C@H](CO)CC(=O)[C@H](CO)NC(=O)[C@@H](N)CS)C(=O)C[C@@H](CC(=O)O)C(=O)N[C@@H](CCC(=O)O)C(=O)N1CCC[C@H]1C(=O)NCC(=O)C[C@@H](CCCN=C(N)N)C(=O)NCC(=O)CCC(=O)N[C@@H](Cc1ccccc1)C(=O)C[C@@H](CO)C(=O)N[C@@H](CO)C(=O)C[C@@H](CCC(=O)O)C(=O)N[C@@H](CO)C(=O)C[C@@H](CCCCN)C(=O)N[C@H](C(=O)NN)C(C)C. The van der Waals surface area contributed by atoms with Crippen molar-refractivity contribution in [3.8, 4) is 0 Å². The Morgan fingerprint density at radius 2 is 0.938 bits per heavy atom. The standard InChI is InChI=1S/C82H129N17O29S/c1-43(2)26-56(93-76(123)51(38-101)33-66(111)60(41-104)96-78(125)54(84)42-129)62(107)31-49(34-70(117)118)75(122)92-55(19-22-69(115)116)81(128)99-25-11-16-61(99)79(126)90-36-53(106)28-46(15-10-24-88-82(85)86)72(119)89-35-52(105)18-20-67(112)91-57(27-45-12-6-5-7-13-45)63(108)32-50(37-100)77(124)95-59(40-103)65(110)30-48(17-21-68(113)114)73(120)94-58(39-102)64(109)29-47(14-8-9-23-83)74(121)97-71(44(3)4)80(127)98-87/h5-7,12-13,43-44,46-51,54-61,71,100-104,129H,8-11,14-42,83-84,87H2,1-4H3,(H,89,119)(H,90,126)(H,91,112)(H,92,122)(H,93,123)(H,94,120)(H,95,124)(H,96,125)(H,97,121)(H,98,127)(H,113,114)(H,115,116)(H,117,118)(H4,85,86,88)/t46-,47-,48-,49+,50+,51+,54+,55+,56+,57+,58+,59+,60+,61+,71+/m1/s1. The molecule has 1 aromatic rings. The van der Waals surface area contributed by atoms with E-state index in [2.05, 4.69) is 65.5 Å². The molecular weight excluding hydrogens is 1720 g/mol. The Bertz CT molecular complexity index is 4020. The van der Waals surface area contributed by atoms with Gasteiger partial charge in [-0.15, -0.1) is 0 Å². The first-order chi connectivity index (χ1) is 60.9. The highest BCUT2D eigenvalue weighted by molar-refractivity contribution is 7.80. The summed E-state index contributed by atoms with van der Waals surface area (Å²) in [4.78, 5) is 286. The first-order valence-corrected chi connectivity index (χ1v) is 43.1. The maximum Gasteiger partial charge on any atom is 0.304 e. The van der Waals surface area contributed by atoms with Crippen molar-refractivity contribution in [1.29, 1.82) is 0 Å². The number of carboxylic acid groups (broad SMARTS) is 3. The first-order valence-electron chi connectivity index (χ1n) is 42.4.